The average molecular weight is 418 g/mol. The van der Waals surface area contributed by atoms with Crippen molar-refractivity contribution in [3.63, 3.8) is 0 Å². The molecule has 29 heavy (non-hydrogen) atoms. The van der Waals surface area contributed by atoms with Crippen LogP contribution in [0, 0.1) is 6.92 Å². The Kier molecular flexibility index (Phi) is 6.31. The van der Waals surface area contributed by atoms with Crippen LogP contribution in [0.4, 0.5) is 5.69 Å². The van der Waals surface area contributed by atoms with Gasteiger partial charge in [0.15, 0.2) is 0 Å². The second kappa shape index (κ2) is 8.73. The largest absolute Gasteiger partial charge is 0.465 e. The summed E-state index contributed by atoms with van der Waals surface area (Å²) in [7, 11) is -2.46. The van der Waals surface area contributed by atoms with Crippen molar-refractivity contribution >= 4 is 27.6 Å². The number of benzene rings is 2. The first-order chi connectivity index (χ1) is 13.8. The number of ether oxygens (including phenoxy) is 2. The summed E-state index contributed by atoms with van der Waals surface area (Å²) in [6.07, 6.45) is 0. The molecule has 1 saturated heterocycles. The van der Waals surface area contributed by atoms with Crippen molar-refractivity contribution in [1.82, 2.24) is 4.31 Å². The molecule has 0 saturated carbocycles. The van der Waals surface area contributed by atoms with E-state index in [0.29, 0.717) is 30.0 Å². The smallest absolute Gasteiger partial charge is 0.337 e. The molecule has 0 aromatic heterocycles. The van der Waals surface area contributed by atoms with Crippen LogP contribution in [0.3, 0.4) is 0 Å². The van der Waals surface area contributed by atoms with Crippen molar-refractivity contribution in [2.75, 3.05) is 38.7 Å². The molecule has 0 bridgehead atoms. The predicted octanol–water partition coefficient (Wildman–Crippen LogP) is 2.05. The van der Waals surface area contributed by atoms with Gasteiger partial charge >= 0.3 is 5.97 Å². The molecule has 154 valence electrons. The van der Waals surface area contributed by atoms with Gasteiger partial charge in [-0.25, -0.2) is 13.2 Å². The van der Waals surface area contributed by atoms with E-state index < -0.39 is 21.9 Å². The molecule has 1 N–H and O–H groups in total. The first-order valence-corrected chi connectivity index (χ1v) is 10.4. The maximum Gasteiger partial charge on any atom is 0.337 e. The summed E-state index contributed by atoms with van der Waals surface area (Å²) in [6.45, 7) is 2.93. The van der Waals surface area contributed by atoms with Crippen LogP contribution in [0.2, 0.25) is 0 Å². The molecule has 1 aliphatic heterocycles. The van der Waals surface area contributed by atoms with Gasteiger partial charge in [0.2, 0.25) is 10.0 Å². The topological polar surface area (TPSA) is 102 Å². The van der Waals surface area contributed by atoms with Crippen LogP contribution in [0.25, 0.3) is 0 Å². The Bertz CT molecular complexity index is 1030. The van der Waals surface area contributed by atoms with Gasteiger partial charge in [-0.05, 0) is 42.8 Å². The molecule has 0 unspecified atom stereocenters. The minimum Gasteiger partial charge on any atom is -0.465 e. The van der Waals surface area contributed by atoms with Gasteiger partial charge in [-0.3, -0.25) is 4.79 Å². The second-order valence-corrected chi connectivity index (χ2v) is 8.43. The summed E-state index contributed by atoms with van der Waals surface area (Å²) in [5.41, 5.74) is 1.45. The van der Waals surface area contributed by atoms with E-state index in [1.807, 2.05) is 0 Å². The van der Waals surface area contributed by atoms with Crippen molar-refractivity contribution in [3.8, 4) is 0 Å². The molecule has 1 fully saturated rings. The van der Waals surface area contributed by atoms with Gasteiger partial charge < -0.3 is 14.8 Å². The van der Waals surface area contributed by atoms with Gasteiger partial charge in [0.1, 0.15) is 0 Å². The van der Waals surface area contributed by atoms with Gasteiger partial charge in [-0.1, -0.05) is 12.1 Å². The molecule has 0 aliphatic carbocycles. The number of methoxy groups -OCH3 is 1. The number of hydrogen-bond donors (Lipinski definition) is 1. The van der Waals surface area contributed by atoms with Crippen molar-refractivity contribution in [2.45, 2.75) is 11.8 Å². The highest BCUT2D eigenvalue weighted by Gasteiger charge is 2.28. The minimum absolute atomic E-state index is 0.0929. The summed E-state index contributed by atoms with van der Waals surface area (Å²) in [5, 5.41) is 2.68. The van der Waals surface area contributed by atoms with E-state index in [-0.39, 0.29) is 23.5 Å². The molecule has 1 aliphatic rings. The van der Waals surface area contributed by atoms with Gasteiger partial charge in [0.05, 0.1) is 30.8 Å². The lowest BCUT2D eigenvalue weighted by atomic mass is 10.1. The lowest BCUT2D eigenvalue weighted by Gasteiger charge is -2.26. The van der Waals surface area contributed by atoms with E-state index in [0.717, 1.165) is 0 Å². The van der Waals surface area contributed by atoms with Gasteiger partial charge in [0.25, 0.3) is 5.91 Å². The van der Waals surface area contributed by atoms with Gasteiger partial charge in [0, 0.05) is 24.3 Å². The van der Waals surface area contributed by atoms with Gasteiger partial charge in [-0.2, -0.15) is 4.31 Å². The SMILES string of the molecule is COC(=O)c1cccc(NC(=O)c2ccc(C)c(S(=O)(=O)N3CCOCC3)c2)c1. The van der Waals surface area contributed by atoms with E-state index in [1.165, 1.54) is 23.5 Å². The molecule has 2 aromatic rings. The van der Waals surface area contributed by atoms with E-state index >= 15 is 0 Å². The Morgan fingerprint density at radius 1 is 1.07 bits per heavy atom. The molecule has 8 nitrogen and oxygen atoms in total. The number of nitrogens with one attached hydrogen (secondary N) is 1. The molecular weight excluding hydrogens is 396 g/mol. The highest BCUT2D eigenvalue weighted by atomic mass is 32.2. The first kappa shape index (κ1) is 21.0. The number of aryl methyl sites for hydroxylation is 1. The predicted molar refractivity (Wildman–Crippen MR) is 106 cm³/mol. The number of anilines is 1. The Balaban J connectivity index is 1.85. The highest BCUT2D eigenvalue weighted by Crippen LogP contribution is 2.23. The third-order valence-corrected chi connectivity index (χ3v) is 6.62. The zero-order valence-electron chi connectivity index (χ0n) is 16.2. The van der Waals surface area contributed by atoms with Crippen molar-refractivity contribution in [3.05, 3.63) is 59.2 Å². The van der Waals surface area contributed by atoms with Crippen LogP contribution in [0.5, 0.6) is 0 Å². The minimum atomic E-state index is -3.73. The molecule has 0 radical (unpaired) electrons. The van der Waals surface area contributed by atoms with Gasteiger partial charge in [-0.15, -0.1) is 0 Å². The Hall–Kier alpha value is -2.75. The number of esters is 1. The van der Waals surface area contributed by atoms with Crippen LogP contribution < -0.4 is 5.32 Å². The number of carbonyl (C=O) groups is 2. The fourth-order valence-electron chi connectivity index (χ4n) is 2.99. The Morgan fingerprint density at radius 3 is 2.48 bits per heavy atom. The van der Waals surface area contributed by atoms with Crippen LogP contribution in [0.15, 0.2) is 47.4 Å². The average Bonchev–Trinajstić information content (AvgIpc) is 2.74. The maximum absolute atomic E-state index is 13.0. The molecule has 1 amide bonds. The van der Waals surface area contributed by atoms with Crippen molar-refractivity contribution in [2.24, 2.45) is 0 Å². The summed E-state index contributed by atoms with van der Waals surface area (Å²) in [6, 6.07) is 10.8. The van der Waals surface area contributed by atoms with Crippen LogP contribution in [0.1, 0.15) is 26.3 Å². The van der Waals surface area contributed by atoms with Crippen molar-refractivity contribution < 1.29 is 27.5 Å². The molecular formula is C20H22N2O6S. The van der Waals surface area contributed by atoms with E-state index in [1.54, 1.807) is 37.3 Å². The lowest BCUT2D eigenvalue weighted by molar-refractivity contribution is 0.0600. The second-order valence-electron chi connectivity index (χ2n) is 6.52. The molecule has 2 aromatic carbocycles. The fraction of sp³-hybridized carbons (Fsp3) is 0.300. The standard InChI is InChI=1S/C20H22N2O6S/c1-14-6-7-15(13-18(14)29(25,26)22-8-10-28-11-9-22)19(23)21-17-5-3-4-16(12-17)20(24)27-2/h3-7,12-13H,8-11H2,1-2H3,(H,21,23). The van der Waals surface area contributed by atoms with Crippen LogP contribution in [-0.2, 0) is 19.5 Å². The fourth-order valence-corrected chi connectivity index (χ4v) is 4.65. The van der Waals surface area contributed by atoms with Crippen molar-refractivity contribution in [1.29, 1.82) is 0 Å². The number of rotatable bonds is 5. The molecule has 3 rings (SSSR count). The number of nitrogens with zero attached hydrogens (tertiary/aromatic N) is 1. The van der Waals surface area contributed by atoms with Crippen LogP contribution in [-0.4, -0.2) is 58.0 Å². The monoisotopic (exact) mass is 418 g/mol. The number of morpholine rings is 1. The van der Waals surface area contributed by atoms with E-state index in [9.17, 15) is 18.0 Å². The molecule has 0 spiro atoms. The van der Waals surface area contributed by atoms with Crippen LogP contribution >= 0.6 is 0 Å². The quantitative estimate of drug-likeness (QED) is 0.746. The molecule has 0 atom stereocenters. The van der Waals surface area contributed by atoms with E-state index in [2.05, 4.69) is 10.1 Å². The summed E-state index contributed by atoms with van der Waals surface area (Å²) < 4.78 is 37.2. The number of sulfonamides is 1. The maximum atomic E-state index is 13.0. The lowest BCUT2D eigenvalue weighted by Crippen LogP contribution is -2.40. The molecule has 9 heteroatoms. The third kappa shape index (κ3) is 4.64. The summed E-state index contributed by atoms with van der Waals surface area (Å²) in [4.78, 5) is 24.4. The Morgan fingerprint density at radius 2 is 1.79 bits per heavy atom. The zero-order chi connectivity index (χ0) is 21.0. The molecule has 1 heterocycles. The summed E-state index contributed by atoms with van der Waals surface area (Å²) in [5.74, 6) is -0.999. The Labute approximate surface area is 169 Å². The summed E-state index contributed by atoms with van der Waals surface area (Å²) >= 11 is 0. The van der Waals surface area contributed by atoms with E-state index in [4.69, 9.17) is 4.74 Å². The number of hydrogen-bond acceptors (Lipinski definition) is 6. The number of amides is 1. The first-order valence-electron chi connectivity index (χ1n) is 9.01. The normalized spacial score (nSPS) is 15.0. The zero-order valence-corrected chi connectivity index (χ0v) is 17.0. The third-order valence-electron chi connectivity index (χ3n) is 4.58. The number of carbonyl (C=O) groups excluding carboxylic acids is 2. The highest BCUT2D eigenvalue weighted by molar-refractivity contribution is 7.89.